The van der Waals surface area contributed by atoms with Gasteiger partial charge in [0.15, 0.2) is 11.3 Å². The number of amides is 1. The summed E-state index contributed by atoms with van der Waals surface area (Å²) in [5, 5.41) is 8.57. The van der Waals surface area contributed by atoms with Crippen LogP contribution in [0.15, 0.2) is 54.6 Å². The third-order valence-electron chi connectivity index (χ3n) is 3.20. The van der Waals surface area contributed by atoms with E-state index in [4.69, 9.17) is 63.4 Å². The van der Waals surface area contributed by atoms with Crippen LogP contribution >= 0.6 is 58.6 Å². The molecule has 0 aliphatic carbocycles. The summed E-state index contributed by atoms with van der Waals surface area (Å²) < 4.78 is 3.23. The van der Waals surface area contributed by atoms with Crippen molar-refractivity contribution >= 4 is 75.5 Å². The lowest BCUT2D eigenvalue weighted by atomic mass is 10.2. The fourth-order valence-electron chi connectivity index (χ4n) is 1.93. The zero-order valence-corrected chi connectivity index (χ0v) is 17.6. The van der Waals surface area contributed by atoms with E-state index in [9.17, 15) is 4.79 Å². The molecule has 1 atom stereocenters. The van der Waals surface area contributed by atoms with Gasteiger partial charge in [0.25, 0.3) is 0 Å². The van der Waals surface area contributed by atoms with Gasteiger partial charge in [-0.25, -0.2) is 4.79 Å². The van der Waals surface area contributed by atoms with Gasteiger partial charge in [-0.1, -0.05) is 88.9 Å². The molecule has 0 saturated heterocycles. The quantitative estimate of drug-likeness (QED) is 0.319. The van der Waals surface area contributed by atoms with Crippen LogP contribution in [0.2, 0.25) is 5.02 Å². The first-order valence-electron chi connectivity index (χ1n) is 7.61. The molecule has 0 saturated carbocycles. The van der Waals surface area contributed by atoms with Crippen LogP contribution in [0.4, 0.5) is 10.5 Å². The van der Waals surface area contributed by atoms with Crippen molar-refractivity contribution in [2.45, 2.75) is 16.6 Å². The topological polar surface area (TPSA) is 62.4 Å². The largest absolute Gasteiger partial charge is 0.445 e. The summed E-state index contributed by atoms with van der Waals surface area (Å²) in [5.74, 6) is 0. The summed E-state index contributed by atoms with van der Waals surface area (Å²) in [6.07, 6.45) is -1.92. The Morgan fingerprint density at radius 2 is 1.67 bits per heavy atom. The number of alkyl carbamates (subject to hydrolysis) is 1. The van der Waals surface area contributed by atoms with Crippen LogP contribution in [0, 0.1) is 0 Å². The molecule has 0 heterocycles. The minimum absolute atomic E-state index is 0.0710. The van der Waals surface area contributed by atoms with Crippen LogP contribution in [0.25, 0.3) is 0 Å². The van der Waals surface area contributed by atoms with E-state index in [-0.39, 0.29) is 11.7 Å². The van der Waals surface area contributed by atoms with Gasteiger partial charge in [0.2, 0.25) is 3.79 Å². The van der Waals surface area contributed by atoms with Crippen molar-refractivity contribution < 1.29 is 9.53 Å². The maximum atomic E-state index is 12.0. The normalized spacial score (nSPS) is 12.0. The molecule has 10 heteroatoms. The van der Waals surface area contributed by atoms with Gasteiger partial charge in [0.05, 0.1) is 10.7 Å². The van der Waals surface area contributed by atoms with Crippen LogP contribution in [0.5, 0.6) is 0 Å². The Labute approximate surface area is 182 Å². The van der Waals surface area contributed by atoms with Crippen molar-refractivity contribution in [3.63, 3.8) is 0 Å². The summed E-state index contributed by atoms with van der Waals surface area (Å²) in [4.78, 5) is 12.0. The van der Waals surface area contributed by atoms with Crippen molar-refractivity contribution in [1.29, 1.82) is 0 Å². The second-order valence-corrected chi connectivity index (χ2v) is 8.44. The average molecular weight is 467 g/mol. The smallest absolute Gasteiger partial charge is 0.409 e. The summed E-state index contributed by atoms with van der Waals surface area (Å²) >= 11 is 29.0. The Morgan fingerprint density at radius 3 is 2.30 bits per heavy atom. The van der Waals surface area contributed by atoms with Crippen molar-refractivity contribution in [2.75, 3.05) is 5.32 Å². The molecule has 0 fully saturated rings. The molecule has 0 aromatic heterocycles. The number of hydrogen-bond acceptors (Lipinski definition) is 3. The van der Waals surface area contributed by atoms with E-state index in [1.807, 2.05) is 30.3 Å². The monoisotopic (exact) mass is 465 g/mol. The number of anilines is 1. The van der Waals surface area contributed by atoms with Gasteiger partial charge in [0.1, 0.15) is 6.61 Å². The van der Waals surface area contributed by atoms with Crippen molar-refractivity contribution in [3.8, 4) is 0 Å². The molecule has 0 unspecified atom stereocenters. The third kappa shape index (κ3) is 7.60. The molecule has 0 bridgehead atoms. The number of carbonyl (C=O) groups is 1. The Bertz CT molecular complexity index is 787. The molecule has 2 rings (SSSR count). The Balaban J connectivity index is 1.93. The van der Waals surface area contributed by atoms with Gasteiger partial charge >= 0.3 is 6.09 Å². The zero-order chi connectivity index (χ0) is 19.9. The molecular formula is C17H15Cl4N3O2S. The lowest BCUT2D eigenvalue weighted by molar-refractivity contribution is 0.135. The van der Waals surface area contributed by atoms with Crippen molar-refractivity contribution in [2.24, 2.45) is 0 Å². The highest BCUT2D eigenvalue weighted by Crippen LogP contribution is 2.29. The number of para-hydroxylation sites is 1. The van der Waals surface area contributed by atoms with Gasteiger partial charge in [-0.15, -0.1) is 0 Å². The van der Waals surface area contributed by atoms with Crippen molar-refractivity contribution in [3.05, 3.63) is 65.2 Å². The molecule has 2 aromatic rings. The SMILES string of the molecule is O=C(N[C@H](NC(=S)Nc1ccccc1Cl)C(Cl)(Cl)Cl)OCc1ccccc1. The van der Waals surface area contributed by atoms with E-state index in [0.717, 1.165) is 5.56 Å². The predicted octanol–water partition coefficient (Wildman–Crippen LogP) is 5.25. The summed E-state index contributed by atoms with van der Waals surface area (Å²) in [5.41, 5.74) is 1.38. The van der Waals surface area contributed by atoms with Crippen molar-refractivity contribution in [1.82, 2.24) is 10.6 Å². The summed E-state index contributed by atoms with van der Waals surface area (Å²) in [6.45, 7) is 0.0710. The molecule has 0 aliphatic rings. The Morgan fingerprint density at radius 1 is 1.04 bits per heavy atom. The molecule has 1 amide bonds. The van der Waals surface area contributed by atoms with Gasteiger partial charge in [-0.2, -0.15) is 0 Å². The number of benzene rings is 2. The second kappa shape index (κ2) is 10.2. The molecule has 3 N–H and O–H groups in total. The first kappa shape index (κ1) is 21.9. The highest BCUT2D eigenvalue weighted by Gasteiger charge is 2.35. The predicted molar refractivity (Wildman–Crippen MR) is 115 cm³/mol. The van der Waals surface area contributed by atoms with Crippen LogP contribution < -0.4 is 16.0 Å². The molecule has 2 aromatic carbocycles. The molecular weight excluding hydrogens is 452 g/mol. The minimum Gasteiger partial charge on any atom is -0.445 e. The van der Waals surface area contributed by atoms with E-state index >= 15 is 0 Å². The standard InChI is InChI=1S/C17H15Cl4N3O2S/c18-12-8-4-5-9-13(12)22-15(27)23-14(17(19,20)21)24-16(25)26-10-11-6-2-1-3-7-11/h1-9,14H,10H2,(H,24,25)(H2,22,23,27)/t14-/m0/s1. The average Bonchev–Trinajstić information content (AvgIpc) is 2.61. The van der Waals surface area contributed by atoms with E-state index in [1.54, 1.807) is 24.3 Å². The second-order valence-electron chi connectivity index (χ2n) is 5.26. The van der Waals surface area contributed by atoms with E-state index in [0.29, 0.717) is 10.7 Å². The van der Waals surface area contributed by atoms with Gasteiger partial charge < -0.3 is 15.4 Å². The maximum absolute atomic E-state index is 12.0. The van der Waals surface area contributed by atoms with Crippen LogP contribution in [-0.4, -0.2) is 21.2 Å². The van der Waals surface area contributed by atoms with Crippen LogP contribution in [-0.2, 0) is 11.3 Å². The molecule has 27 heavy (non-hydrogen) atoms. The lowest BCUT2D eigenvalue weighted by Crippen LogP contribution is -2.56. The van der Waals surface area contributed by atoms with Crippen LogP contribution in [0.3, 0.4) is 0 Å². The van der Waals surface area contributed by atoms with E-state index in [1.165, 1.54) is 0 Å². The Hall–Kier alpha value is -1.44. The first-order chi connectivity index (χ1) is 12.8. The molecule has 0 aliphatic heterocycles. The van der Waals surface area contributed by atoms with Gasteiger partial charge in [-0.3, -0.25) is 5.32 Å². The number of nitrogens with one attached hydrogen (secondary N) is 3. The van der Waals surface area contributed by atoms with E-state index < -0.39 is 16.1 Å². The number of thiocarbonyl (C=S) groups is 1. The molecule has 0 radical (unpaired) electrons. The number of ether oxygens (including phenoxy) is 1. The summed E-state index contributed by atoms with van der Waals surface area (Å²) in [7, 11) is 0. The number of alkyl halides is 3. The maximum Gasteiger partial charge on any atom is 0.409 e. The highest BCUT2D eigenvalue weighted by atomic mass is 35.6. The van der Waals surface area contributed by atoms with Crippen LogP contribution in [0.1, 0.15) is 5.56 Å². The molecule has 5 nitrogen and oxygen atoms in total. The highest BCUT2D eigenvalue weighted by molar-refractivity contribution is 7.80. The third-order valence-corrected chi connectivity index (χ3v) is 4.40. The lowest BCUT2D eigenvalue weighted by Gasteiger charge is -2.27. The number of hydrogen-bond donors (Lipinski definition) is 3. The Kier molecular flexibility index (Phi) is 8.26. The fourth-order valence-corrected chi connectivity index (χ4v) is 2.67. The minimum atomic E-state index is -1.89. The number of carbonyl (C=O) groups excluding carboxylic acids is 1. The van der Waals surface area contributed by atoms with Gasteiger partial charge in [-0.05, 0) is 29.9 Å². The zero-order valence-electron chi connectivity index (χ0n) is 13.7. The van der Waals surface area contributed by atoms with E-state index in [2.05, 4.69) is 16.0 Å². The summed E-state index contributed by atoms with van der Waals surface area (Å²) in [6, 6.07) is 16.1. The molecule has 144 valence electrons. The number of halogens is 4. The first-order valence-corrected chi connectivity index (χ1v) is 9.53. The van der Waals surface area contributed by atoms with Gasteiger partial charge in [0, 0.05) is 0 Å². The number of rotatable bonds is 5. The molecule has 0 spiro atoms. The fraction of sp³-hybridized carbons (Fsp3) is 0.176.